The van der Waals surface area contributed by atoms with Crippen LogP contribution in [0.25, 0.3) is 16.8 Å². The number of hydrogen-bond donors (Lipinski definition) is 1. The molecule has 0 atom stereocenters. The average Bonchev–Trinajstić information content (AvgIpc) is 3.21. The molecule has 2 heterocycles. The van der Waals surface area contributed by atoms with Gasteiger partial charge in [-0.15, -0.1) is 10.2 Å². The van der Waals surface area contributed by atoms with Gasteiger partial charge in [-0.1, -0.05) is 35.5 Å². The molecule has 1 amide bonds. The van der Waals surface area contributed by atoms with Crippen LogP contribution in [-0.2, 0) is 11.3 Å². The zero-order chi connectivity index (χ0) is 18.8. The van der Waals surface area contributed by atoms with Gasteiger partial charge in [0.05, 0.1) is 23.3 Å². The van der Waals surface area contributed by atoms with Crippen LogP contribution in [0.15, 0.2) is 53.7 Å². The number of para-hydroxylation sites is 2. The van der Waals surface area contributed by atoms with Crippen LogP contribution in [0, 0.1) is 0 Å². The largest absolute Gasteiger partial charge is 0.492 e. The summed E-state index contributed by atoms with van der Waals surface area (Å²) < 4.78 is 9.80. The van der Waals surface area contributed by atoms with E-state index in [-0.39, 0.29) is 5.75 Å². The predicted octanol–water partition coefficient (Wildman–Crippen LogP) is 2.99. The van der Waals surface area contributed by atoms with Crippen molar-refractivity contribution < 1.29 is 9.53 Å². The molecule has 4 aromatic rings. The molecule has 0 fully saturated rings. The van der Waals surface area contributed by atoms with E-state index in [2.05, 4.69) is 10.2 Å². The Kier molecular flexibility index (Phi) is 4.91. The van der Waals surface area contributed by atoms with Crippen LogP contribution >= 0.6 is 23.4 Å². The monoisotopic (exact) mass is 401 g/mol. The van der Waals surface area contributed by atoms with Crippen molar-refractivity contribution in [3.63, 3.8) is 0 Å². The van der Waals surface area contributed by atoms with Crippen LogP contribution in [0.4, 0.5) is 0 Å². The van der Waals surface area contributed by atoms with Gasteiger partial charge in [0.2, 0.25) is 11.7 Å². The topological polar surface area (TPSA) is 87.4 Å². The quantitative estimate of drug-likeness (QED) is 0.481. The van der Waals surface area contributed by atoms with Crippen LogP contribution in [0.2, 0.25) is 5.02 Å². The van der Waals surface area contributed by atoms with Gasteiger partial charge in [-0.25, -0.2) is 0 Å². The number of ether oxygens (including phenoxy) is 1. The second-order valence-electron chi connectivity index (χ2n) is 5.82. The van der Waals surface area contributed by atoms with Crippen LogP contribution in [0.3, 0.4) is 0 Å². The molecule has 0 unspecified atom stereocenters. The standard InChI is InChI=1S/C18H16ClN5O2S/c19-12-5-7-13(8-6-12)26-10-9-23-14-3-1-2-4-15(14)24-17(23)21-22-18(24)27-11-16(20)25/h1-8H,9-11H2,(H2,20,25). The molecule has 0 aliphatic heterocycles. The van der Waals surface area contributed by atoms with Gasteiger partial charge in [0.15, 0.2) is 5.16 Å². The SMILES string of the molecule is NC(=O)CSc1nnc2n(CCOc3ccc(Cl)cc3)c3ccccc3n12. The fourth-order valence-electron chi connectivity index (χ4n) is 2.87. The third-order valence-electron chi connectivity index (χ3n) is 4.01. The first-order valence-corrected chi connectivity index (χ1v) is 9.61. The first-order valence-electron chi connectivity index (χ1n) is 8.25. The molecule has 2 aromatic carbocycles. The lowest BCUT2D eigenvalue weighted by Gasteiger charge is -2.08. The summed E-state index contributed by atoms with van der Waals surface area (Å²) in [5.74, 6) is 1.21. The fourth-order valence-corrected chi connectivity index (χ4v) is 3.68. The van der Waals surface area contributed by atoms with E-state index in [1.54, 1.807) is 12.1 Å². The van der Waals surface area contributed by atoms with E-state index >= 15 is 0 Å². The molecule has 0 spiro atoms. The molecular formula is C18H16ClN5O2S. The summed E-state index contributed by atoms with van der Waals surface area (Å²) in [4.78, 5) is 11.1. The second kappa shape index (κ2) is 7.50. The molecule has 138 valence electrons. The number of halogens is 1. The highest BCUT2D eigenvalue weighted by Gasteiger charge is 2.17. The van der Waals surface area contributed by atoms with Crippen molar-refractivity contribution in [3.05, 3.63) is 53.6 Å². The van der Waals surface area contributed by atoms with Crippen LogP contribution < -0.4 is 10.5 Å². The third kappa shape index (κ3) is 3.58. The minimum Gasteiger partial charge on any atom is -0.492 e. The highest BCUT2D eigenvalue weighted by atomic mass is 35.5. The Bertz CT molecular complexity index is 1110. The Morgan fingerprint density at radius 2 is 1.85 bits per heavy atom. The molecule has 0 saturated heterocycles. The molecule has 27 heavy (non-hydrogen) atoms. The Labute approximate surface area is 164 Å². The van der Waals surface area contributed by atoms with Crippen molar-refractivity contribution in [2.45, 2.75) is 11.7 Å². The highest BCUT2D eigenvalue weighted by Crippen LogP contribution is 2.25. The van der Waals surface area contributed by atoms with Crippen molar-refractivity contribution in [3.8, 4) is 5.75 Å². The fraction of sp³-hybridized carbons (Fsp3) is 0.167. The van der Waals surface area contributed by atoms with Crippen LogP contribution in [0.1, 0.15) is 0 Å². The maximum atomic E-state index is 11.1. The molecular weight excluding hydrogens is 386 g/mol. The molecule has 0 radical (unpaired) electrons. The number of nitrogens with two attached hydrogens (primary N) is 1. The first kappa shape index (κ1) is 17.7. The number of carbonyl (C=O) groups is 1. The molecule has 9 heteroatoms. The summed E-state index contributed by atoms with van der Waals surface area (Å²) >= 11 is 7.17. The van der Waals surface area contributed by atoms with Gasteiger partial charge < -0.3 is 15.0 Å². The van der Waals surface area contributed by atoms with E-state index in [1.807, 2.05) is 45.4 Å². The lowest BCUT2D eigenvalue weighted by atomic mass is 10.3. The van der Waals surface area contributed by atoms with Gasteiger partial charge in [0.1, 0.15) is 12.4 Å². The number of thioether (sulfide) groups is 1. The van der Waals surface area contributed by atoms with E-state index in [0.29, 0.717) is 29.1 Å². The Morgan fingerprint density at radius 1 is 1.11 bits per heavy atom. The van der Waals surface area contributed by atoms with E-state index in [9.17, 15) is 4.79 Å². The van der Waals surface area contributed by atoms with Crippen molar-refractivity contribution in [1.29, 1.82) is 0 Å². The number of carbonyl (C=O) groups excluding carboxylic acids is 1. The zero-order valence-electron chi connectivity index (χ0n) is 14.2. The lowest BCUT2D eigenvalue weighted by molar-refractivity contribution is -0.115. The highest BCUT2D eigenvalue weighted by molar-refractivity contribution is 7.99. The molecule has 0 saturated carbocycles. The zero-order valence-corrected chi connectivity index (χ0v) is 15.8. The Hall–Kier alpha value is -2.71. The minimum absolute atomic E-state index is 0.153. The predicted molar refractivity (Wildman–Crippen MR) is 105 cm³/mol. The number of fused-ring (bicyclic) bond motifs is 3. The molecule has 0 aliphatic carbocycles. The summed E-state index contributed by atoms with van der Waals surface area (Å²) in [5, 5.41) is 9.81. The number of hydrogen-bond acceptors (Lipinski definition) is 5. The number of nitrogens with zero attached hydrogens (tertiary/aromatic N) is 4. The lowest BCUT2D eigenvalue weighted by Crippen LogP contribution is -2.13. The normalized spacial score (nSPS) is 11.3. The number of aromatic nitrogens is 4. The number of rotatable bonds is 7. The summed E-state index contributed by atoms with van der Waals surface area (Å²) in [7, 11) is 0. The summed E-state index contributed by atoms with van der Waals surface area (Å²) in [6.45, 7) is 1.06. The Balaban J connectivity index is 1.62. The smallest absolute Gasteiger partial charge is 0.237 e. The first-order chi connectivity index (χ1) is 13.1. The van der Waals surface area contributed by atoms with Crippen molar-refractivity contribution in [2.75, 3.05) is 12.4 Å². The van der Waals surface area contributed by atoms with E-state index in [0.717, 1.165) is 16.8 Å². The van der Waals surface area contributed by atoms with Gasteiger partial charge in [0, 0.05) is 5.02 Å². The molecule has 7 nitrogen and oxygen atoms in total. The van der Waals surface area contributed by atoms with Gasteiger partial charge in [-0.2, -0.15) is 0 Å². The maximum absolute atomic E-state index is 11.1. The second-order valence-corrected chi connectivity index (χ2v) is 7.19. The van der Waals surface area contributed by atoms with Gasteiger partial charge >= 0.3 is 0 Å². The van der Waals surface area contributed by atoms with Crippen LogP contribution in [0.5, 0.6) is 5.75 Å². The van der Waals surface area contributed by atoms with Crippen LogP contribution in [-0.4, -0.2) is 37.4 Å². The van der Waals surface area contributed by atoms with Crippen molar-refractivity contribution >= 4 is 46.1 Å². The molecule has 0 aliphatic rings. The van der Waals surface area contributed by atoms with Gasteiger partial charge in [-0.3, -0.25) is 9.20 Å². The summed E-state index contributed by atoms with van der Waals surface area (Å²) in [6, 6.07) is 15.2. The van der Waals surface area contributed by atoms with Gasteiger partial charge in [0.25, 0.3) is 0 Å². The van der Waals surface area contributed by atoms with E-state index in [1.165, 1.54) is 11.8 Å². The van der Waals surface area contributed by atoms with E-state index < -0.39 is 5.91 Å². The number of imidazole rings is 1. The maximum Gasteiger partial charge on any atom is 0.237 e. The van der Waals surface area contributed by atoms with E-state index in [4.69, 9.17) is 22.1 Å². The minimum atomic E-state index is -0.392. The van der Waals surface area contributed by atoms with Gasteiger partial charge in [-0.05, 0) is 36.4 Å². The van der Waals surface area contributed by atoms with Crippen molar-refractivity contribution in [2.24, 2.45) is 5.73 Å². The molecule has 4 rings (SSSR count). The number of amides is 1. The number of primary amides is 1. The number of benzene rings is 2. The molecule has 0 bridgehead atoms. The molecule has 2 aromatic heterocycles. The third-order valence-corrected chi connectivity index (χ3v) is 5.22. The Morgan fingerprint density at radius 3 is 2.59 bits per heavy atom. The molecule has 2 N–H and O–H groups in total. The summed E-state index contributed by atoms with van der Waals surface area (Å²) in [5.41, 5.74) is 7.24. The average molecular weight is 402 g/mol. The summed E-state index contributed by atoms with van der Waals surface area (Å²) in [6.07, 6.45) is 0. The van der Waals surface area contributed by atoms with Crippen molar-refractivity contribution in [1.82, 2.24) is 19.2 Å².